The van der Waals surface area contributed by atoms with Crippen LogP contribution in [0.3, 0.4) is 0 Å². The quantitative estimate of drug-likeness (QED) is 0.473. The molecule has 0 radical (unpaired) electrons. The molecule has 0 atom stereocenters. The number of rotatable bonds is 5. The molecule has 0 heterocycles. The fraction of sp³-hybridized carbons (Fsp3) is 0.250. The first-order valence-electron chi connectivity index (χ1n) is 5.19. The summed E-state index contributed by atoms with van der Waals surface area (Å²) < 4.78 is 69.4. The van der Waals surface area contributed by atoms with E-state index in [0.29, 0.717) is 0 Å². The molecular formula is C12H9F5O3. The van der Waals surface area contributed by atoms with E-state index in [1.807, 2.05) is 0 Å². The Balaban J connectivity index is 2.89. The average molecular weight is 296 g/mol. The van der Waals surface area contributed by atoms with E-state index in [4.69, 9.17) is 0 Å². The Morgan fingerprint density at radius 2 is 1.90 bits per heavy atom. The van der Waals surface area contributed by atoms with Crippen LogP contribution in [-0.2, 0) is 4.74 Å². The first-order valence-corrected chi connectivity index (χ1v) is 5.19. The van der Waals surface area contributed by atoms with E-state index in [1.54, 1.807) is 0 Å². The minimum absolute atomic E-state index is 0.122. The summed E-state index contributed by atoms with van der Waals surface area (Å²) in [6, 6.07) is 3.87. The van der Waals surface area contributed by atoms with Gasteiger partial charge in [0.15, 0.2) is 0 Å². The molecule has 0 unspecified atom stereocenters. The normalized spacial score (nSPS) is 11.8. The second-order valence-electron chi connectivity index (χ2n) is 3.53. The predicted molar refractivity (Wildman–Crippen MR) is 58.6 cm³/mol. The first-order chi connectivity index (χ1) is 9.17. The molecule has 0 spiro atoms. The van der Waals surface area contributed by atoms with Gasteiger partial charge in [-0.15, -0.1) is 0 Å². The van der Waals surface area contributed by atoms with Crippen molar-refractivity contribution in [2.45, 2.75) is 12.3 Å². The number of alkyl halides is 5. The highest BCUT2D eigenvalue weighted by Crippen LogP contribution is 2.37. The van der Waals surface area contributed by atoms with Crippen molar-refractivity contribution in [2.24, 2.45) is 0 Å². The van der Waals surface area contributed by atoms with E-state index in [0.717, 1.165) is 18.2 Å². The molecule has 0 aliphatic rings. The minimum atomic E-state index is -5.85. The van der Waals surface area contributed by atoms with Crippen molar-refractivity contribution in [3.63, 3.8) is 0 Å². The fourth-order valence-corrected chi connectivity index (χ4v) is 1.11. The summed E-state index contributed by atoms with van der Waals surface area (Å²) in [5.74, 6) is -1.70. The molecule has 3 nitrogen and oxygen atoms in total. The average Bonchev–Trinajstić information content (AvgIpc) is 2.34. The van der Waals surface area contributed by atoms with E-state index in [9.17, 15) is 26.7 Å². The maximum absolute atomic E-state index is 12.7. The summed E-state index contributed by atoms with van der Waals surface area (Å²) in [7, 11) is 0. The molecule has 0 saturated heterocycles. The zero-order valence-electron chi connectivity index (χ0n) is 9.92. The van der Waals surface area contributed by atoms with Crippen LogP contribution in [0.1, 0.15) is 10.4 Å². The van der Waals surface area contributed by atoms with Crippen LogP contribution >= 0.6 is 0 Å². The smallest absolute Gasteiger partial charge is 0.458 e. The number of ether oxygens (including phenoxy) is 2. The number of carbonyl (C=O) groups excluding carboxylic acids is 1. The number of halogens is 5. The third-order valence-corrected chi connectivity index (χ3v) is 1.98. The lowest BCUT2D eigenvalue weighted by Crippen LogP contribution is -2.41. The van der Waals surface area contributed by atoms with Crippen LogP contribution in [0, 0.1) is 0 Å². The van der Waals surface area contributed by atoms with Gasteiger partial charge in [-0.1, -0.05) is 18.7 Å². The number of benzene rings is 1. The molecule has 20 heavy (non-hydrogen) atoms. The Labute approximate surface area is 110 Å². The molecule has 0 aromatic heterocycles. The Morgan fingerprint density at radius 3 is 2.45 bits per heavy atom. The van der Waals surface area contributed by atoms with Crippen molar-refractivity contribution >= 4 is 5.97 Å². The van der Waals surface area contributed by atoms with Gasteiger partial charge < -0.3 is 9.47 Å². The third kappa shape index (κ3) is 3.94. The summed E-state index contributed by atoms with van der Waals surface area (Å²) in [4.78, 5) is 11.4. The van der Waals surface area contributed by atoms with Gasteiger partial charge in [-0.2, -0.15) is 22.0 Å². The van der Waals surface area contributed by atoms with Crippen LogP contribution in [0.5, 0.6) is 5.75 Å². The van der Waals surface area contributed by atoms with Crippen LogP contribution in [0.25, 0.3) is 0 Å². The highest BCUT2D eigenvalue weighted by atomic mass is 19.4. The second-order valence-corrected chi connectivity index (χ2v) is 3.53. The molecular weight excluding hydrogens is 287 g/mol. The van der Waals surface area contributed by atoms with Crippen LogP contribution < -0.4 is 4.74 Å². The largest absolute Gasteiger partial charge is 0.499 e. The molecule has 0 N–H and O–H groups in total. The Hall–Kier alpha value is -2.12. The number of carbonyl (C=O) groups is 1. The SMILES string of the molecule is C=CCOC(=O)c1cccc(OC(F)(F)C(F)(F)F)c1. The zero-order chi connectivity index (χ0) is 15.4. The monoisotopic (exact) mass is 296 g/mol. The van der Waals surface area contributed by atoms with Gasteiger partial charge in [0.1, 0.15) is 12.4 Å². The molecule has 0 aliphatic heterocycles. The highest BCUT2D eigenvalue weighted by molar-refractivity contribution is 5.89. The van der Waals surface area contributed by atoms with Gasteiger partial charge in [-0.3, -0.25) is 0 Å². The number of hydrogen-bond donors (Lipinski definition) is 0. The molecule has 0 saturated carbocycles. The van der Waals surface area contributed by atoms with Crippen LogP contribution in [0.15, 0.2) is 36.9 Å². The third-order valence-electron chi connectivity index (χ3n) is 1.98. The summed E-state index contributed by atoms with van der Waals surface area (Å²) in [6.07, 6.45) is -9.93. The fourth-order valence-electron chi connectivity index (χ4n) is 1.11. The van der Waals surface area contributed by atoms with Gasteiger partial charge in [0.05, 0.1) is 5.56 Å². The van der Waals surface area contributed by atoms with Crippen molar-refractivity contribution in [3.8, 4) is 5.75 Å². The Kier molecular flexibility index (Phi) is 4.69. The molecule has 0 bridgehead atoms. The van der Waals surface area contributed by atoms with Gasteiger partial charge in [0.2, 0.25) is 0 Å². The first kappa shape index (κ1) is 15.9. The van der Waals surface area contributed by atoms with Crippen molar-refractivity contribution in [3.05, 3.63) is 42.5 Å². The van der Waals surface area contributed by atoms with Gasteiger partial charge >= 0.3 is 18.3 Å². The van der Waals surface area contributed by atoms with E-state index in [-0.39, 0.29) is 12.2 Å². The Morgan fingerprint density at radius 1 is 1.25 bits per heavy atom. The van der Waals surface area contributed by atoms with Crippen LogP contribution in [-0.4, -0.2) is 24.9 Å². The topological polar surface area (TPSA) is 35.5 Å². The molecule has 1 aromatic carbocycles. The van der Waals surface area contributed by atoms with Crippen molar-refractivity contribution in [1.29, 1.82) is 0 Å². The summed E-state index contributed by atoms with van der Waals surface area (Å²) in [5, 5.41) is 0. The summed E-state index contributed by atoms with van der Waals surface area (Å²) in [5.41, 5.74) is -0.220. The maximum atomic E-state index is 12.7. The van der Waals surface area contributed by atoms with Crippen molar-refractivity contribution < 1.29 is 36.2 Å². The van der Waals surface area contributed by atoms with E-state index in [2.05, 4.69) is 16.1 Å². The number of esters is 1. The van der Waals surface area contributed by atoms with Gasteiger partial charge in [0, 0.05) is 0 Å². The van der Waals surface area contributed by atoms with E-state index >= 15 is 0 Å². The van der Waals surface area contributed by atoms with Crippen molar-refractivity contribution in [2.75, 3.05) is 6.61 Å². The van der Waals surface area contributed by atoms with Gasteiger partial charge in [-0.05, 0) is 18.2 Å². The predicted octanol–water partition coefficient (Wildman–Crippen LogP) is 3.56. The molecule has 0 amide bonds. The molecule has 0 fully saturated rings. The van der Waals surface area contributed by atoms with E-state index in [1.165, 1.54) is 12.1 Å². The second kappa shape index (κ2) is 5.89. The van der Waals surface area contributed by atoms with E-state index < -0.39 is 24.0 Å². The number of hydrogen-bond acceptors (Lipinski definition) is 3. The van der Waals surface area contributed by atoms with Gasteiger partial charge in [-0.25, -0.2) is 4.79 Å². The lowest BCUT2D eigenvalue weighted by atomic mass is 10.2. The van der Waals surface area contributed by atoms with Crippen molar-refractivity contribution in [1.82, 2.24) is 0 Å². The molecule has 110 valence electrons. The molecule has 1 rings (SSSR count). The van der Waals surface area contributed by atoms with Crippen LogP contribution in [0.4, 0.5) is 22.0 Å². The lowest BCUT2D eigenvalue weighted by molar-refractivity contribution is -0.360. The van der Waals surface area contributed by atoms with Gasteiger partial charge in [0.25, 0.3) is 0 Å². The maximum Gasteiger partial charge on any atom is 0.499 e. The Bertz CT molecular complexity index is 496. The standard InChI is InChI=1S/C12H9F5O3/c1-2-6-19-10(18)8-4-3-5-9(7-8)20-12(16,17)11(13,14)15/h2-5,7H,1,6H2. The minimum Gasteiger partial charge on any atom is -0.458 e. The van der Waals surface area contributed by atoms with Crippen LogP contribution in [0.2, 0.25) is 0 Å². The lowest BCUT2D eigenvalue weighted by Gasteiger charge is -2.20. The summed E-state index contributed by atoms with van der Waals surface area (Å²) in [6.45, 7) is 3.17. The molecule has 1 aromatic rings. The summed E-state index contributed by atoms with van der Waals surface area (Å²) >= 11 is 0. The highest BCUT2D eigenvalue weighted by Gasteiger charge is 2.61. The zero-order valence-corrected chi connectivity index (χ0v) is 9.92. The molecule has 8 heteroatoms. The molecule has 0 aliphatic carbocycles.